The molecule has 1 aliphatic heterocycles. The molecule has 1 aliphatic rings. The number of hydrogen-bond acceptors (Lipinski definition) is 5. The molecule has 3 heterocycles. The van der Waals surface area contributed by atoms with E-state index in [1.807, 2.05) is 4.57 Å². The van der Waals surface area contributed by atoms with Crippen molar-refractivity contribution in [1.29, 1.82) is 0 Å². The van der Waals surface area contributed by atoms with E-state index < -0.39 is 0 Å². The van der Waals surface area contributed by atoms with E-state index in [0.717, 1.165) is 56.9 Å². The van der Waals surface area contributed by atoms with Gasteiger partial charge in [-0.1, -0.05) is 30.3 Å². The smallest absolute Gasteiger partial charge is 0.123 e. The summed E-state index contributed by atoms with van der Waals surface area (Å²) in [6.07, 6.45) is 6.36. The largest absolute Gasteiger partial charge is 0.396 e. The zero-order valence-corrected chi connectivity index (χ0v) is 18.3. The number of aliphatic hydroxyl groups is 1. The third kappa shape index (κ3) is 4.75. The maximum absolute atomic E-state index is 10.1. The topological polar surface area (TPSA) is 73.2 Å². The first-order valence-corrected chi connectivity index (χ1v) is 11.3. The highest BCUT2D eigenvalue weighted by atomic mass is 16.3. The second-order valence-corrected chi connectivity index (χ2v) is 8.73. The van der Waals surface area contributed by atoms with Crippen LogP contribution in [0.2, 0.25) is 0 Å². The van der Waals surface area contributed by atoms with Crippen molar-refractivity contribution >= 4 is 10.9 Å². The molecule has 0 radical (unpaired) electrons. The Morgan fingerprint density at radius 3 is 2.44 bits per heavy atom. The van der Waals surface area contributed by atoms with Crippen molar-refractivity contribution in [3.63, 3.8) is 0 Å². The lowest BCUT2D eigenvalue weighted by atomic mass is 9.98. The molecule has 1 fully saturated rings. The van der Waals surface area contributed by atoms with Crippen LogP contribution in [-0.2, 0) is 13.0 Å². The summed E-state index contributed by atoms with van der Waals surface area (Å²) in [5, 5.41) is 19.1. The number of benzene rings is 2. The van der Waals surface area contributed by atoms with Gasteiger partial charge in [0.1, 0.15) is 12.7 Å². The van der Waals surface area contributed by atoms with Crippen molar-refractivity contribution in [1.82, 2.24) is 29.5 Å². The Morgan fingerprint density at radius 2 is 1.69 bits per heavy atom. The lowest BCUT2D eigenvalue weighted by Crippen LogP contribution is -2.47. The highest BCUT2D eigenvalue weighted by Gasteiger charge is 2.21. The molecule has 7 nitrogen and oxygen atoms in total. The first-order valence-electron chi connectivity index (χ1n) is 11.3. The quantitative estimate of drug-likeness (QED) is 0.450. The van der Waals surface area contributed by atoms with E-state index in [1.54, 1.807) is 12.7 Å². The third-order valence-corrected chi connectivity index (χ3v) is 6.47. The Bertz CT molecular complexity index is 1120. The Hall–Kier alpha value is -3.00. The molecule has 0 saturated carbocycles. The van der Waals surface area contributed by atoms with Crippen LogP contribution >= 0.6 is 0 Å². The molecule has 32 heavy (non-hydrogen) atoms. The van der Waals surface area contributed by atoms with Crippen LogP contribution in [0, 0.1) is 5.92 Å². The maximum Gasteiger partial charge on any atom is 0.123 e. The summed E-state index contributed by atoms with van der Waals surface area (Å²) >= 11 is 0. The lowest BCUT2D eigenvalue weighted by molar-refractivity contribution is 0.0970. The van der Waals surface area contributed by atoms with Gasteiger partial charge in [0.2, 0.25) is 0 Å². The fraction of sp³-hybridized carbons (Fsp3) is 0.360. The van der Waals surface area contributed by atoms with Crippen LogP contribution in [0.5, 0.6) is 0 Å². The van der Waals surface area contributed by atoms with Gasteiger partial charge in [-0.3, -0.25) is 9.47 Å². The van der Waals surface area contributed by atoms with Crippen molar-refractivity contribution in [2.75, 3.05) is 39.3 Å². The van der Waals surface area contributed by atoms with Crippen LogP contribution in [0.1, 0.15) is 11.1 Å². The molecule has 0 unspecified atom stereocenters. The zero-order chi connectivity index (χ0) is 21.8. The maximum atomic E-state index is 10.1. The van der Waals surface area contributed by atoms with E-state index in [9.17, 15) is 5.11 Å². The van der Waals surface area contributed by atoms with Crippen molar-refractivity contribution in [2.24, 2.45) is 5.92 Å². The molecule has 1 saturated heterocycles. The number of aromatic amines is 1. The number of nitrogens with one attached hydrogen (secondary N) is 1. The van der Waals surface area contributed by atoms with Gasteiger partial charge in [0, 0.05) is 68.7 Å². The van der Waals surface area contributed by atoms with Gasteiger partial charge in [-0.25, -0.2) is 0 Å². The van der Waals surface area contributed by atoms with Crippen LogP contribution < -0.4 is 0 Å². The number of aromatic nitrogens is 4. The SMILES string of the molecule is OC[C@@H](Cc1c[nH]c2ccc(-n3cnnc3)cc12)CN1CCN(Cc2ccccc2)CC1. The van der Waals surface area contributed by atoms with E-state index in [2.05, 4.69) is 79.7 Å². The normalized spacial score (nSPS) is 16.5. The third-order valence-electron chi connectivity index (χ3n) is 6.47. The van der Waals surface area contributed by atoms with Gasteiger partial charge in [-0.15, -0.1) is 10.2 Å². The molecule has 0 bridgehead atoms. The van der Waals surface area contributed by atoms with Gasteiger partial charge in [0.15, 0.2) is 0 Å². The summed E-state index contributed by atoms with van der Waals surface area (Å²) in [6.45, 7) is 6.38. The van der Waals surface area contributed by atoms with E-state index in [-0.39, 0.29) is 12.5 Å². The van der Waals surface area contributed by atoms with Crippen LogP contribution in [0.3, 0.4) is 0 Å². The molecule has 7 heteroatoms. The summed E-state index contributed by atoms with van der Waals surface area (Å²) < 4.78 is 1.91. The average molecular weight is 431 g/mol. The predicted octanol–water partition coefficient (Wildman–Crippen LogP) is 2.72. The highest BCUT2D eigenvalue weighted by Crippen LogP contribution is 2.24. The summed E-state index contributed by atoms with van der Waals surface area (Å²) in [5.41, 5.74) is 4.78. The molecule has 4 aromatic rings. The molecule has 0 aliphatic carbocycles. The Morgan fingerprint density at radius 1 is 0.938 bits per heavy atom. The molecular formula is C25H30N6O. The first kappa shape index (κ1) is 20.9. The first-order chi connectivity index (χ1) is 15.8. The van der Waals surface area contributed by atoms with Crippen LogP contribution in [0.4, 0.5) is 0 Å². The predicted molar refractivity (Wildman–Crippen MR) is 126 cm³/mol. The summed E-state index contributed by atoms with van der Waals surface area (Å²) in [7, 11) is 0. The Kier molecular flexibility index (Phi) is 6.29. The molecule has 0 spiro atoms. The number of fused-ring (bicyclic) bond motifs is 1. The van der Waals surface area contributed by atoms with Crippen molar-refractivity contribution < 1.29 is 5.11 Å². The minimum absolute atomic E-state index is 0.196. The molecule has 166 valence electrons. The minimum Gasteiger partial charge on any atom is -0.396 e. The van der Waals surface area contributed by atoms with Crippen LogP contribution in [0.25, 0.3) is 16.6 Å². The van der Waals surface area contributed by atoms with Crippen molar-refractivity contribution in [3.05, 3.63) is 78.5 Å². The van der Waals surface area contributed by atoms with Crippen LogP contribution in [-0.4, -0.2) is 74.0 Å². The minimum atomic E-state index is 0.196. The molecule has 2 N–H and O–H groups in total. The van der Waals surface area contributed by atoms with Gasteiger partial charge in [0.25, 0.3) is 0 Å². The fourth-order valence-corrected chi connectivity index (χ4v) is 4.66. The van der Waals surface area contributed by atoms with Gasteiger partial charge < -0.3 is 15.0 Å². The van der Waals surface area contributed by atoms with Crippen molar-refractivity contribution in [2.45, 2.75) is 13.0 Å². The van der Waals surface area contributed by atoms with Gasteiger partial charge in [-0.2, -0.15) is 0 Å². The number of nitrogens with zero attached hydrogens (tertiary/aromatic N) is 5. The van der Waals surface area contributed by atoms with E-state index in [0.29, 0.717) is 0 Å². The average Bonchev–Trinajstić information content (AvgIpc) is 3.51. The second kappa shape index (κ2) is 9.65. The van der Waals surface area contributed by atoms with Crippen molar-refractivity contribution in [3.8, 4) is 5.69 Å². The van der Waals surface area contributed by atoms with Crippen LogP contribution in [0.15, 0.2) is 67.4 Å². The lowest BCUT2D eigenvalue weighted by Gasteiger charge is -2.36. The summed E-state index contributed by atoms with van der Waals surface area (Å²) in [6, 6.07) is 17.0. The standard InChI is InChI=1S/C25H30N6O/c32-17-21(16-30-10-8-29(9-11-30)15-20-4-2-1-3-5-20)12-22-14-26-25-7-6-23(13-24(22)25)31-18-27-28-19-31/h1-7,13-14,18-19,21,26,32H,8-12,15-17H2/t21-/m0/s1. The summed E-state index contributed by atoms with van der Waals surface area (Å²) in [5.74, 6) is 0.216. The highest BCUT2D eigenvalue weighted by molar-refractivity contribution is 5.85. The Labute approximate surface area is 188 Å². The van der Waals surface area contributed by atoms with E-state index in [1.165, 1.54) is 16.5 Å². The molecule has 5 rings (SSSR count). The second-order valence-electron chi connectivity index (χ2n) is 8.73. The fourth-order valence-electron chi connectivity index (χ4n) is 4.66. The molecule has 2 aromatic carbocycles. The van der Waals surface area contributed by atoms with Gasteiger partial charge in [0.05, 0.1) is 0 Å². The number of hydrogen-bond donors (Lipinski definition) is 2. The molecular weight excluding hydrogens is 400 g/mol. The number of piperazine rings is 1. The zero-order valence-electron chi connectivity index (χ0n) is 18.3. The molecule has 2 aromatic heterocycles. The number of aliphatic hydroxyl groups excluding tert-OH is 1. The van der Waals surface area contributed by atoms with Gasteiger partial charge >= 0.3 is 0 Å². The number of rotatable bonds is 8. The van der Waals surface area contributed by atoms with E-state index >= 15 is 0 Å². The molecule has 0 amide bonds. The molecule has 1 atom stereocenters. The van der Waals surface area contributed by atoms with E-state index in [4.69, 9.17) is 0 Å². The van der Waals surface area contributed by atoms with Gasteiger partial charge in [-0.05, 0) is 41.7 Å². The monoisotopic (exact) mass is 430 g/mol. The summed E-state index contributed by atoms with van der Waals surface area (Å²) in [4.78, 5) is 8.40. The Balaban J connectivity index is 1.20. The number of H-pyrrole nitrogens is 1.